The molecule has 5 nitrogen and oxygen atoms in total. The SMILES string of the molecule is c1ccc(-c2cc(-c3ccc(-c4ccc(-c5ccc6c(c5)oc5ccccc56)c5oc6ccccc6c45)cc3)nc(-c3ccc(-c4cccnc4)cc3)n2)cc1. The van der Waals surface area contributed by atoms with Crippen LogP contribution >= 0.6 is 0 Å². The summed E-state index contributed by atoms with van der Waals surface area (Å²) in [4.78, 5) is 14.4. The summed E-state index contributed by atoms with van der Waals surface area (Å²) in [6.07, 6.45) is 3.66. The Kier molecular flexibility index (Phi) is 7.42. The maximum absolute atomic E-state index is 6.66. The molecule has 0 N–H and O–H groups in total. The number of aromatic nitrogens is 3. The molecular formula is C51H31N3O2. The first-order chi connectivity index (χ1) is 27.7. The van der Waals surface area contributed by atoms with Crippen LogP contribution < -0.4 is 0 Å². The van der Waals surface area contributed by atoms with Crippen LogP contribution in [0.15, 0.2) is 197 Å². The summed E-state index contributed by atoms with van der Waals surface area (Å²) in [6, 6.07) is 60.6. The molecule has 4 heterocycles. The summed E-state index contributed by atoms with van der Waals surface area (Å²) in [5.41, 5.74) is 14.6. The smallest absolute Gasteiger partial charge is 0.160 e. The molecule has 0 saturated heterocycles. The van der Waals surface area contributed by atoms with Gasteiger partial charge in [0.25, 0.3) is 0 Å². The normalized spacial score (nSPS) is 11.6. The zero-order valence-electron chi connectivity index (χ0n) is 30.1. The molecule has 0 bridgehead atoms. The van der Waals surface area contributed by atoms with E-state index >= 15 is 0 Å². The molecule has 4 aromatic heterocycles. The highest BCUT2D eigenvalue weighted by molar-refractivity contribution is 6.17. The molecule has 11 aromatic rings. The Hall–Kier alpha value is -7.63. The molecule has 262 valence electrons. The van der Waals surface area contributed by atoms with E-state index < -0.39 is 0 Å². The summed E-state index contributed by atoms with van der Waals surface area (Å²) in [6.45, 7) is 0. The van der Waals surface area contributed by atoms with Gasteiger partial charge in [0.05, 0.1) is 11.4 Å². The lowest BCUT2D eigenvalue weighted by molar-refractivity contribution is 0.668. The van der Waals surface area contributed by atoms with Gasteiger partial charge in [-0.15, -0.1) is 0 Å². The van der Waals surface area contributed by atoms with E-state index in [0.29, 0.717) is 5.82 Å². The number of nitrogens with zero attached hydrogens (tertiary/aromatic N) is 3. The van der Waals surface area contributed by atoms with Crippen molar-refractivity contribution in [1.82, 2.24) is 15.0 Å². The minimum Gasteiger partial charge on any atom is -0.456 e. The van der Waals surface area contributed by atoms with E-state index in [1.807, 2.05) is 60.8 Å². The summed E-state index contributed by atoms with van der Waals surface area (Å²) in [5.74, 6) is 0.672. The van der Waals surface area contributed by atoms with Crippen molar-refractivity contribution < 1.29 is 8.83 Å². The van der Waals surface area contributed by atoms with Crippen LogP contribution in [0.3, 0.4) is 0 Å². The Morgan fingerprint density at radius 1 is 0.357 bits per heavy atom. The molecule has 0 amide bonds. The monoisotopic (exact) mass is 717 g/mol. The lowest BCUT2D eigenvalue weighted by atomic mass is 9.93. The van der Waals surface area contributed by atoms with Gasteiger partial charge in [-0.05, 0) is 70.3 Å². The number of hydrogen-bond donors (Lipinski definition) is 0. The average Bonchev–Trinajstić information content (AvgIpc) is 3.85. The summed E-state index contributed by atoms with van der Waals surface area (Å²) < 4.78 is 12.9. The number of benzene rings is 7. The molecule has 0 atom stereocenters. The van der Waals surface area contributed by atoms with Crippen LogP contribution in [0.5, 0.6) is 0 Å². The van der Waals surface area contributed by atoms with Crippen molar-refractivity contribution in [2.75, 3.05) is 0 Å². The highest BCUT2D eigenvalue weighted by atomic mass is 16.3. The molecule has 0 spiro atoms. The molecule has 5 heteroatoms. The fraction of sp³-hybridized carbons (Fsp3) is 0. The van der Waals surface area contributed by atoms with Gasteiger partial charge in [0, 0.05) is 56.2 Å². The van der Waals surface area contributed by atoms with Crippen molar-refractivity contribution in [3.8, 4) is 67.3 Å². The molecular weight excluding hydrogens is 687 g/mol. The molecule has 0 aliphatic carbocycles. The topological polar surface area (TPSA) is 65.0 Å². The molecule has 0 saturated carbocycles. The first-order valence-corrected chi connectivity index (χ1v) is 18.7. The van der Waals surface area contributed by atoms with Crippen LogP contribution in [0.1, 0.15) is 0 Å². The molecule has 0 aliphatic heterocycles. The van der Waals surface area contributed by atoms with Crippen molar-refractivity contribution in [2.24, 2.45) is 0 Å². The second-order valence-electron chi connectivity index (χ2n) is 14.0. The van der Waals surface area contributed by atoms with Crippen molar-refractivity contribution in [3.05, 3.63) is 188 Å². The number of furan rings is 2. The van der Waals surface area contributed by atoms with E-state index in [9.17, 15) is 0 Å². The van der Waals surface area contributed by atoms with Gasteiger partial charge >= 0.3 is 0 Å². The van der Waals surface area contributed by atoms with E-state index in [4.69, 9.17) is 18.8 Å². The predicted molar refractivity (Wildman–Crippen MR) is 227 cm³/mol. The van der Waals surface area contributed by atoms with Crippen LogP contribution in [0, 0.1) is 0 Å². The van der Waals surface area contributed by atoms with Gasteiger partial charge in [-0.25, -0.2) is 9.97 Å². The lowest BCUT2D eigenvalue weighted by Gasteiger charge is -2.11. The fourth-order valence-electron chi connectivity index (χ4n) is 7.84. The van der Waals surface area contributed by atoms with Gasteiger partial charge in [-0.1, -0.05) is 133 Å². The molecule has 0 unspecified atom stereocenters. The number of hydrogen-bond acceptors (Lipinski definition) is 5. The standard InChI is InChI=1S/C51H31N3O2/c1-2-9-34(10-3-1)44-30-45(54-51(53-44)36-22-16-32(17-23-36)38-11-8-28-52-31-38)35-20-18-33(19-21-35)39-26-27-40(50-49(39)43-13-5-7-15-47(43)56-50)37-24-25-42-41-12-4-6-14-46(41)55-48(42)29-37/h1-31H. The maximum Gasteiger partial charge on any atom is 0.160 e. The second kappa shape index (κ2) is 13.0. The zero-order chi connectivity index (χ0) is 37.0. The second-order valence-corrected chi connectivity index (χ2v) is 14.0. The Balaban J connectivity index is 1.00. The van der Waals surface area contributed by atoms with E-state index in [1.165, 1.54) is 0 Å². The Morgan fingerprint density at radius 2 is 0.946 bits per heavy atom. The number of fused-ring (bicyclic) bond motifs is 6. The van der Waals surface area contributed by atoms with Crippen molar-refractivity contribution in [2.45, 2.75) is 0 Å². The van der Waals surface area contributed by atoms with Crippen molar-refractivity contribution in [1.29, 1.82) is 0 Å². The van der Waals surface area contributed by atoms with Crippen molar-refractivity contribution in [3.63, 3.8) is 0 Å². The van der Waals surface area contributed by atoms with E-state index in [1.54, 1.807) is 6.20 Å². The fourth-order valence-corrected chi connectivity index (χ4v) is 7.84. The summed E-state index contributed by atoms with van der Waals surface area (Å²) in [7, 11) is 0. The number of para-hydroxylation sites is 2. The Morgan fingerprint density at radius 3 is 1.71 bits per heavy atom. The third-order valence-corrected chi connectivity index (χ3v) is 10.6. The number of pyridine rings is 1. The van der Waals surface area contributed by atoms with Gasteiger partial charge < -0.3 is 8.83 Å². The largest absolute Gasteiger partial charge is 0.456 e. The molecule has 0 fully saturated rings. The van der Waals surface area contributed by atoms with Gasteiger partial charge in [0.15, 0.2) is 5.82 Å². The molecule has 56 heavy (non-hydrogen) atoms. The van der Waals surface area contributed by atoms with Crippen LogP contribution in [-0.4, -0.2) is 15.0 Å². The summed E-state index contributed by atoms with van der Waals surface area (Å²) >= 11 is 0. The third-order valence-electron chi connectivity index (χ3n) is 10.6. The minimum absolute atomic E-state index is 0.672. The first-order valence-electron chi connectivity index (χ1n) is 18.7. The van der Waals surface area contributed by atoms with Gasteiger partial charge in [0.2, 0.25) is 0 Å². The Labute approximate surface area is 322 Å². The van der Waals surface area contributed by atoms with Crippen LogP contribution in [0.2, 0.25) is 0 Å². The summed E-state index contributed by atoms with van der Waals surface area (Å²) in [5, 5.41) is 4.38. The predicted octanol–water partition coefficient (Wildman–Crippen LogP) is 13.7. The van der Waals surface area contributed by atoms with Crippen LogP contribution in [0.4, 0.5) is 0 Å². The number of rotatable bonds is 6. The van der Waals surface area contributed by atoms with Crippen LogP contribution in [0.25, 0.3) is 111 Å². The first kappa shape index (κ1) is 31.9. The zero-order valence-corrected chi connectivity index (χ0v) is 30.1. The van der Waals surface area contributed by atoms with E-state index in [-0.39, 0.29) is 0 Å². The van der Waals surface area contributed by atoms with Crippen molar-refractivity contribution >= 4 is 43.9 Å². The maximum atomic E-state index is 6.66. The quantitative estimate of drug-likeness (QED) is 0.171. The molecule has 11 rings (SSSR count). The Bertz CT molecular complexity index is 3220. The highest BCUT2D eigenvalue weighted by Gasteiger charge is 2.19. The average molecular weight is 718 g/mol. The van der Waals surface area contributed by atoms with Gasteiger partial charge in [-0.3, -0.25) is 4.98 Å². The highest BCUT2D eigenvalue weighted by Crippen LogP contribution is 2.43. The third kappa shape index (κ3) is 5.45. The molecule has 0 radical (unpaired) electrons. The molecule has 0 aliphatic rings. The lowest BCUT2D eigenvalue weighted by Crippen LogP contribution is -1.96. The molecule has 7 aromatic carbocycles. The minimum atomic E-state index is 0.672. The van der Waals surface area contributed by atoms with Gasteiger partial charge in [0.1, 0.15) is 22.3 Å². The van der Waals surface area contributed by atoms with Crippen LogP contribution in [-0.2, 0) is 0 Å². The van der Waals surface area contributed by atoms with E-state index in [0.717, 1.165) is 105 Å². The van der Waals surface area contributed by atoms with E-state index in [2.05, 4.69) is 126 Å². The van der Waals surface area contributed by atoms with Gasteiger partial charge in [-0.2, -0.15) is 0 Å².